The number of nitrogens with zero attached hydrogens (tertiary/aromatic N) is 2. The van der Waals surface area contributed by atoms with Crippen molar-refractivity contribution < 1.29 is 14.3 Å². The second-order valence-corrected chi connectivity index (χ2v) is 8.09. The first-order chi connectivity index (χ1) is 13.5. The number of benzene rings is 1. The van der Waals surface area contributed by atoms with Gasteiger partial charge < -0.3 is 9.72 Å². The summed E-state index contributed by atoms with van der Waals surface area (Å²) in [5.74, 6) is -0.366. The van der Waals surface area contributed by atoms with E-state index in [2.05, 4.69) is 23.0 Å². The molecule has 3 aromatic rings. The molecule has 1 amide bonds. The number of carbonyl (C=O) groups excluding carboxylic acids is 2. The number of ether oxygens (including phenoxy) is 1. The number of hydrogen-bond acceptors (Lipinski definition) is 5. The van der Waals surface area contributed by atoms with Crippen LogP contribution in [-0.4, -0.2) is 34.5 Å². The molecule has 2 aromatic heterocycles. The Hall–Kier alpha value is -2.67. The molecule has 146 valence electrons. The number of aryl methyl sites for hydroxylation is 2. The largest absolute Gasteiger partial charge is 0.462 e. The van der Waals surface area contributed by atoms with Crippen LogP contribution < -0.4 is 4.90 Å². The summed E-state index contributed by atoms with van der Waals surface area (Å²) in [5, 5.41) is 1.69. The maximum Gasteiger partial charge on any atom is 0.350 e. The smallest absolute Gasteiger partial charge is 0.350 e. The van der Waals surface area contributed by atoms with Crippen molar-refractivity contribution in [2.45, 2.75) is 46.1 Å². The van der Waals surface area contributed by atoms with Crippen LogP contribution in [-0.2, 0) is 16.0 Å². The van der Waals surface area contributed by atoms with Crippen molar-refractivity contribution in [3.05, 3.63) is 46.1 Å². The van der Waals surface area contributed by atoms with Gasteiger partial charge in [-0.1, -0.05) is 23.5 Å². The zero-order chi connectivity index (χ0) is 19.8. The molecule has 7 heteroatoms. The fourth-order valence-electron chi connectivity index (χ4n) is 3.51. The molecule has 0 spiro atoms. The molecule has 4 rings (SSSR count). The lowest BCUT2D eigenvalue weighted by molar-refractivity contribution is -0.118. The summed E-state index contributed by atoms with van der Waals surface area (Å²) in [5.41, 5.74) is 3.78. The van der Waals surface area contributed by atoms with Crippen LogP contribution in [0.3, 0.4) is 0 Å². The zero-order valence-electron chi connectivity index (χ0n) is 16.2. The van der Waals surface area contributed by atoms with Crippen LogP contribution in [0, 0.1) is 13.8 Å². The monoisotopic (exact) mass is 397 g/mol. The van der Waals surface area contributed by atoms with E-state index in [4.69, 9.17) is 4.74 Å². The van der Waals surface area contributed by atoms with Crippen LogP contribution in [0.2, 0.25) is 0 Å². The van der Waals surface area contributed by atoms with E-state index in [1.165, 1.54) is 11.3 Å². The Morgan fingerprint density at radius 1 is 1.32 bits per heavy atom. The fraction of sp³-hybridized carbons (Fsp3) is 0.381. The Bertz CT molecular complexity index is 1050. The maximum absolute atomic E-state index is 13.2. The van der Waals surface area contributed by atoms with Gasteiger partial charge in [-0.25, -0.2) is 9.78 Å². The maximum atomic E-state index is 13.2. The van der Waals surface area contributed by atoms with Crippen LogP contribution in [0.4, 0.5) is 5.13 Å². The Balaban J connectivity index is 1.63. The minimum absolute atomic E-state index is 0.0100. The van der Waals surface area contributed by atoms with E-state index in [1.807, 2.05) is 18.3 Å². The van der Waals surface area contributed by atoms with Gasteiger partial charge in [0, 0.05) is 23.1 Å². The van der Waals surface area contributed by atoms with E-state index >= 15 is 0 Å². The first kappa shape index (κ1) is 18.7. The topological polar surface area (TPSA) is 75.3 Å². The summed E-state index contributed by atoms with van der Waals surface area (Å²) >= 11 is 1.24. The number of fused-ring (bicyclic) bond motifs is 1. The number of nitrogens with one attached hydrogen (secondary N) is 1. The van der Waals surface area contributed by atoms with Gasteiger partial charge in [0.25, 0.3) is 0 Å². The van der Waals surface area contributed by atoms with Crippen molar-refractivity contribution in [3.8, 4) is 0 Å². The van der Waals surface area contributed by atoms with Crippen LogP contribution in [0.15, 0.2) is 24.4 Å². The third kappa shape index (κ3) is 3.42. The lowest BCUT2D eigenvalue weighted by Crippen LogP contribution is -2.34. The summed E-state index contributed by atoms with van der Waals surface area (Å²) in [6, 6.07) is 6.24. The lowest BCUT2D eigenvalue weighted by Gasteiger charge is -2.19. The number of esters is 1. The van der Waals surface area contributed by atoms with Crippen molar-refractivity contribution in [2.75, 3.05) is 11.5 Å². The second-order valence-electron chi connectivity index (χ2n) is 7.11. The van der Waals surface area contributed by atoms with E-state index in [-0.39, 0.29) is 17.9 Å². The van der Waals surface area contributed by atoms with Gasteiger partial charge in [-0.2, -0.15) is 0 Å². The molecule has 1 fully saturated rings. The average Bonchev–Trinajstić information content (AvgIpc) is 3.28. The molecule has 0 saturated heterocycles. The van der Waals surface area contributed by atoms with Gasteiger partial charge in [0.2, 0.25) is 5.91 Å². The standard InChI is InChI=1S/C21H23N3O3S/c1-4-27-20(26)19-13(3)23-21(28-19)24(15-8-9-15)17(25)10-14-11-22-16-7-5-6-12(2)18(14)16/h5-7,11,15,22H,4,8-10H2,1-3H3. The normalized spacial score (nSPS) is 13.7. The Morgan fingerprint density at radius 2 is 2.11 bits per heavy atom. The molecule has 0 atom stereocenters. The van der Waals surface area contributed by atoms with Gasteiger partial charge in [-0.05, 0) is 50.8 Å². The van der Waals surface area contributed by atoms with E-state index < -0.39 is 0 Å². The molecule has 1 aliphatic carbocycles. The Labute approximate surface area is 167 Å². The van der Waals surface area contributed by atoms with Crippen molar-refractivity contribution in [1.82, 2.24) is 9.97 Å². The van der Waals surface area contributed by atoms with Gasteiger partial charge in [0.1, 0.15) is 4.88 Å². The van der Waals surface area contributed by atoms with Crippen LogP contribution in [0.1, 0.15) is 46.3 Å². The number of rotatable bonds is 6. The zero-order valence-corrected chi connectivity index (χ0v) is 17.1. The first-order valence-electron chi connectivity index (χ1n) is 9.51. The average molecular weight is 398 g/mol. The number of hydrogen-bond donors (Lipinski definition) is 1. The molecule has 1 aliphatic rings. The molecule has 0 radical (unpaired) electrons. The lowest BCUT2D eigenvalue weighted by atomic mass is 10.1. The summed E-state index contributed by atoms with van der Waals surface area (Å²) in [4.78, 5) is 35.4. The van der Waals surface area contributed by atoms with Crippen LogP contribution in [0.5, 0.6) is 0 Å². The summed E-state index contributed by atoms with van der Waals surface area (Å²) in [7, 11) is 0. The third-order valence-electron chi connectivity index (χ3n) is 4.97. The van der Waals surface area contributed by atoms with E-state index in [1.54, 1.807) is 18.7 Å². The highest BCUT2D eigenvalue weighted by atomic mass is 32.1. The molecule has 0 bridgehead atoms. The van der Waals surface area contributed by atoms with Gasteiger partial charge in [0.05, 0.1) is 18.7 Å². The molecule has 0 unspecified atom stereocenters. The van der Waals surface area contributed by atoms with Crippen LogP contribution >= 0.6 is 11.3 Å². The Kier molecular flexibility index (Phi) is 4.93. The molecule has 28 heavy (non-hydrogen) atoms. The number of carbonyl (C=O) groups is 2. The van der Waals surface area contributed by atoms with Gasteiger partial charge in [0.15, 0.2) is 5.13 Å². The van der Waals surface area contributed by atoms with Crippen LogP contribution in [0.25, 0.3) is 10.9 Å². The van der Waals surface area contributed by atoms with Crippen molar-refractivity contribution in [1.29, 1.82) is 0 Å². The molecule has 6 nitrogen and oxygen atoms in total. The molecule has 1 N–H and O–H groups in total. The number of H-pyrrole nitrogens is 1. The van der Waals surface area contributed by atoms with E-state index in [0.717, 1.165) is 34.9 Å². The molecule has 0 aliphatic heterocycles. The van der Waals surface area contributed by atoms with Crippen molar-refractivity contribution >= 4 is 39.2 Å². The fourth-order valence-corrected chi connectivity index (χ4v) is 4.56. The number of aromatic nitrogens is 2. The predicted octanol–water partition coefficient (Wildman–Crippen LogP) is 4.16. The summed E-state index contributed by atoms with van der Waals surface area (Å²) in [6.45, 7) is 5.93. The number of amides is 1. The molecule has 1 saturated carbocycles. The highest BCUT2D eigenvalue weighted by molar-refractivity contribution is 7.17. The molecule has 1 aromatic carbocycles. The molecular formula is C21H23N3O3S. The quantitative estimate of drug-likeness (QED) is 0.634. The summed E-state index contributed by atoms with van der Waals surface area (Å²) in [6.07, 6.45) is 4.14. The molecule has 2 heterocycles. The highest BCUT2D eigenvalue weighted by Crippen LogP contribution is 2.36. The summed E-state index contributed by atoms with van der Waals surface area (Å²) < 4.78 is 5.11. The van der Waals surface area contributed by atoms with Crippen molar-refractivity contribution in [2.24, 2.45) is 0 Å². The van der Waals surface area contributed by atoms with Gasteiger partial charge >= 0.3 is 5.97 Å². The van der Waals surface area contributed by atoms with E-state index in [0.29, 0.717) is 28.7 Å². The number of anilines is 1. The van der Waals surface area contributed by atoms with Gasteiger partial charge in [-0.3, -0.25) is 9.69 Å². The Morgan fingerprint density at radius 3 is 2.82 bits per heavy atom. The predicted molar refractivity (Wildman–Crippen MR) is 110 cm³/mol. The third-order valence-corrected chi connectivity index (χ3v) is 6.11. The first-order valence-corrected chi connectivity index (χ1v) is 10.3. The SMILES string of the molecule is CCOC(=O)c1sc(N(C(=O)Cc2c[nH]c3cccc(C)c23)C2CC2)nc1C. The highest BCUT2D eigenvalue weighted by Gasteiger charge is 2.36. The van der Waals surface area contributed by atoms with E-state index in [9.17, 15) is 9.59 Å². The minimum atomic E-state index is -0.376. The van der Waals surface area contributed by atoms with Gasteiger partial charge in [-0.15, -0.1) is 0 Å². The molecular weight excluding hydrogens is 374 g/mol. The minimum Gasteiger partial charge on any atom is -0.462 e. The number of thiazole rings is 1. The van der Waals surface area contributed by atoms with Crippen molar-refractivity contribution in [3.63, 3.8) is 0 Å². The number of aromatic amines is 1. The second kappa shape index (κ2) is 7.39.